The minimum atomic E-state index is -0.134. The second kappa shape index (κ2) is 6.47. The lowest BCUT2D eigenvalue weighted by Crippen LogP contribution is -2.41. The SMILES string of the molecule is Cc1cn2c(n1)CCC(NC(=O)c1cnc(-c3ccccc3)nc1)C2. The van der Waals surface area contributed by atoms with Gasteiger partial charge in [-0.1, -0.05) is 30.3 Å². The first kappa shape index (κ1) is 15.5. The summed E-state index contributed by atoms with van der Waals surface area (Å²) in [7, 11) is 0. The molecule has 0 saturated heterocycles. The second-order valence-corrected chi connectivity index (χ2v) is 6.32. The van der Waals surface area contributed by atoms with Crippen molar-refractivity contribution >= 4 is 5.91 Å². The first-order valence-electron chi connectivity index (χ1n) is 8.40. The van der Waals surface area contributed by atoms with Crippen molar-refractivity contribution in [2.24, 2.45) is 0 Å². The predicted octanol–water partition coefficient (Wildman–Crippen LogP) is 2.39. The highest BCUT2D eigenvalue weighted by Crippen LogP contribution is 2.16. The Bertz CT molecular complexity index is 886. The number of amides is 1. The van der Waals surface area contributed by atoms with Gasteiger partial charge in [0.1, 0.15) is 5.82 Å². The summed E-state index contributed by atoms with van der Waals surface area (Å²) < 4.78 is 2.12. The van der Waals surface area contributed by atoms with Gasteiger partial charge in [-0.3, -0.25) is 4.79 Å². The van der Waals surface area contributed by atoms with Gasteiger partial charge in [-0.05, 0) is 13.3 Å². The lowest BCUT2D eigenvalue weighted by Gasteiger charge is -2.24. The molecular formula is C19H19N5O. The van der Waals surface area contributed by atoms with Gasteiger partial charge in [-0.2, -0.15) is 0 Å². The number of carbonyl (C=O) groups excluding carboxylic acids is 1. The van der Waals surface area contributed by atoms with E-state index in [0.29, 0.717) is 11.4 Å². The molecule has 1 aliphatic rings. The molecule has 1 atom stereocenters. The quantitative estimate of drug-likeness (QED) is 0.799. The lowest BCUT2D eigenvalue weighted by molar-refractivity contribution is 0.0927. The zero-order valence-corrected chi connectivity index (χ0v) is 14.0. The summed E-state index contributed by atoms with van der Waals surface area (Å²) in [5.74, 6) is 1.58. The molecule has 0 spiro atoms. The average Bonchev–Trinajstić information content (AvgIpc) is 3.02. The van der Waals surface area contributed by atoms with Crippen LogP contribution in [0.5, 0.6) is 0 Å². The number of hydrogen-bond donors (Lipinski definition) is 1. The van der Waals surface area contributed by atoms with Crippen LogP contribution in [0, 0.1) is 6.92 Å². The summed E-state index contributed by atoms with van der Waals surface area (Å²) >= 11 is 0. The number of nitrogens with one attached hydrogen (secondary N) is 1. The number of fused-ring (bicyclic) bond motifs is 1. The van der Waals surface area contributed by atoms with Crippen molar-refractivity contribution in [3.63, 3.8) is 0 Å². The van der Waals surface area contributed by atoms with Crippen LogP contribution in [0.15, 0.2) is 48.9 Å². The molecule has 0 radical (unpaired) electrons. The Morgan fingerprint density at radius 2 is 1.96 bits per heavy atom. The maximum Gasteiger partial charge on any atom is 0.254 e. The maximum atomic E-state index is 12.5. The van der Waals surface area contributed by atoms with Crippen molar-refractivity contribution < 1.29 is 4.79 Å². The Balaban J connectivity index is 1.43. The van der Waals surface area contributed by atoms with E-state index in [4.69, 9.17) is 0 Å². The topological polar surface area (TPSA) is 72.7 Å². The van der Waals surface area contributed by atoms with Gasteiger partial charge < -0.3 is 9.88 Å². The van der Waals surface area contributed by atoms with Crippen LogP contribution in [-0.4, -0.2) is 31.5 Å². The highest BCUT2D eigenvalue weighted by Gasteiger charge is 2.22. The zero-order valence-electron chi connectivity index (χ0n) is 14.0. The third-order valence-corrected chi connectivity index (χ3v) is 4.39. The van der Waals surface area contributed by atoms with Gasteiger partial charge in [0.15, 0.2) is 5.82 Å². The molecule has 1 amide bonds. The van der Waals surface area contributed by atoms with Crippen LogP contribution < -0.4 is 5.32 Å². The number of nitrogens with zero attached hydrogens (tertiary/aromatic N) is 4. The van der Waals surface area contributed by atoms with Crippen LogP contribution >= 0.6 is 0 Å². The molecule has 1 aromatic carbocycles. The highest BCUT2D eigenvalue weighted by molar-refractivity contribution is 5.93. The molecule has 4 rings (SSSR count). The van der Waals surface area contributed by atoms with Crippen molar-refractivity contribution in [3.8, 4) is 11.4 Å². The molecule has 0 fully saturated rings. The molecule has 1 N–H and O–H groups in total. The van der Waals surface area contributed by atoms with Crippen LogP contribution in [0.25, 0.3) is 11.4 Å². The van der Waals surface area contributed by atoms with Gasteiger partial charge in [0, 0.05) is 43.2 Å². The van der Waals surface area contributed by atoms with Gasteiger partial charge >= 0.3 is 0 Å². The number of aryl methyl sites for hydroxylation is 2. The number of benzene rings is 1. The summed E-state index contributed by atoms with van der Waals surface area (Å²) in [5, 5.41) is 3.08. The molecule has 0 aliphatic carbocycles. The van der Waals surface area contributed by atoms with Crippen LogP contribution in [0.3, 0.4) is 0 Å². The van der Waals surface area contributed by atoms with Crippen LogP contribution in [0.2, 0.25) is 0 Å². The fourth-order valence-electron chi connectivity index (χ4n) is 3.15. The van der Waals surface area contributed by atoms with E-state index in [9.17, 15) is 4.79 Å². The van der Waals surface area contributed by atoms with Crippen molar-refractivity contribution in [3.05, 3.63) is 66.0 Å². The molecule has 0 saturated carbocycles. The Labute approximate surface area is 146 Å². The molecule has 3 aromatic rings. The minimum absolute atomic E-state index is 0.0994. The molecule has 25 heavy (non-hydrogen) atoms. The number of hydrogen-bond acceptors (Lipinski definition) is 4. The number of rotatable bonds is 3. The largest absolute Gasteiger partial charge is 0.347 e. The van der Waals surface area contributed by atoms with E-state index < -0.39 is 0 Å². The minimum Gasteiger partial charge on any atom is -0.347 e. The lowest BCUT2D eigenvalue weighted by atomic mass is 10.1. The molecule has 2 aromatic heterocycles. The van der Waals surface area contributed by atoms with Crippen LogP contribution in [0.4, 0.5) is 0 Å². The normalized spacial score (nSPS) is 16.3. The van der Waals surface area contributed by atoms with E-state index in [1.807, 2.05) is 43.5 Å². The van der Waals surface area contributed by atoms with Crippen molar-refractivity contribution in [1.82, 2.24) is 24.8 Å². The van der Waals surface area contributed by atoms with E-state index in [-0.39, 0.29) is 11.9 Å². The average molecular weight is 333 g/mol. The molecule has 6 nitrogen and oxygen atoms in total. The van der Waals surface area contributed by atoms with E-state index in [2.05, 4.69) is 24.8 Å². The standard InChI is InChI=1S/C19H19N5O/c1-13-11-24-12-16(7-8-17(24)22-13)23-19(25)15-9-20-18(21-10-15)14-5-3-2-4-6-14/h2-6,9-11,16H,7-8,12H2,1H3,(H,23,25). The number of carbonyl (C=O) groups is 1. The Morgan fingerprint density at radius 1 is 1.20 bits per heavy atom. The first-order chi connectivity index (χ1) is 12.2. The molecule has 126 valence electrons. The van der Waals surface area contributed by atoms with Gasteiger partial charge in [0.2, 0.25) is 0 Å². The Kier molecular flexibility index (Phi) is 4.01. The van der Waals surface area contributed by atoms with Gasteiger partial charge in [-0.25, -0.2) is 15.0 Å². The molecule has 3 heterocycles. The Hall–Kier alpha value is -3.02. The summed E-state index contributed by atoms with van der Waals surface area (Å²) in [5.41, 5.74) is 2.43. The predicted molar refractivity (Wildman–Crippen MR) is 94.0 cm³/mol. The first-order valence-corrected chi connectivity index (χ1v) is 8.40. The van der Waals surface area contributed by atoms with Crippen LogP contribution in [0.1, 0.15) is 28.3 Å². The van der Waals surface area contributed by atoms with E-state index >= 15 is 0 Å². The van der Waals surface area contributed by atoms with E-state index in [0.717, 1.165) is 36.5 Å². The van der Waals surface area contributed by atoms with Gasteiger partial charge in [0.05, 0.1) is 11.3 Å². The molecule has 0 bridgehead atoms. The third kappa shape index (κ3) is 3.28. The third-order valence-electron chi connectivity index (χ3n) is 4.39. The number of aromatic nitrogens is 4. The molecule has 1 aliphatic heterocycles. The van der Waals surface area contributed by atoms with Crippen molar-refractivity contribution in [1.29, 1.82) is 0 Å². The fraction of sp³-hybridized carbons (Fsp3) is 0.263. The fourth-order valence-corrected chi connectivity index (χ4v) is 3.15. The second-order valence-electron chi connectivity index (χ2n) is 6.32. The maximum absolute atomic E-state index is 12.5. The molecular weight excluding hydrogens is 314 g/mol. The van der Waals surface area contributed by atoms with Crippen molar-refractivity contribution in [2.75, 3.05) is 0 Å². The summed E-state index contributed by atoms with van der Waals surface area (Å²) in [6, 6.07) is 9.82. The monoisotopic (exact) mass is 333 g/mol. The summed E-state index contributed by atoms with van der Waals surface area (Å²) in [6.45, 7) is 2.75. The molecule has 1 unspecified atom stereocenters. The van der Waals surface area contributed by atoms with Gasteiger partial charge in [-0.15, -0.1) is 0 Å². The van der Waals surface area contributed by atoms with E-state index in [1.165, 1.54) is 0 Å². The van der Waals surface area contributed by atoms with Crippen molar-refractivity contribution in [2.45, 2.75) is 32.4 Å². The Morgan fingerprint density at radius 3 is 2.72 bits per heavy atom. The highest BCUT2D eigenvalue weighted by atomic mass is 16.1. The van der Waals surface area contributed by atoms with Gasteiger partial charge in [0.25, 0.3) is 5.91 Å². The smallest absolute Gasteiger partial charge is 0.254 e. The summed E-state index contributed by atoms with van der Waals surface area (Å²) in [6.07, 6.45) is 6.97. The zero-order chi connectivity index (χ0) is 17.2. The molecule has 6 heteroatoms. The van der Waals surface area contributed by atoms with E-state index in [1.54, 1.807) is 12.4 Å². The van der Waals surface area contributed by atoms with Crippen LogP contribution in [-0.2, 0) is 13.0 Å². The summed E-state index contributed by atoms with van der Waals surface area (Å²) in [4.78, 5) is 25.6. The number of imidazole rings is 1.